The lowest BCUT2D eigenvalue weighted by molar-refractivity contribution is 0.0919. The molecule has 1 aliphatic carbocycles. The number of carbonyl (C=O) groups is 1. The van der Waals surface area contributed by atoms with Gasteiger partial charge in [0.15, 0.2) is 5.69 Å². The first-order valence-electron chi connectivity index (χ1n) is 8.86. The molecule has 4 rings (SSSR count). The van der Waals surface area contributed by atoms with Crippen LogP contribution >= 0.6 is 11.8 Å². The maximum absolute atomic E-state index is 12.2. The predicted molar refractivity (Wildman–Crippen MR) is 90.8 cm³/mol. The van der Waals surface area contributed by atoms with Crippen molar-refractivity contribution in [3.05, 3.63) is 17.5 Å². The summed E-state index contributed by atoms with van der Waals surface area (Å²) in [4.78, 5) is 14.8. The Labute approximate surface area is 141 Å². The zero-order chi connectivity index (χ0) is 15.6. The molecule has 126 valence electrons. The highest BCUT2D eigenvalue weighted by atomic mass is 32.2. The number of rotatable bonds is 5. The zero-order valence-electron chi connectivity index (χ0n) is 13.5. The predicted octanol–water partition coefficient (Wildman–Crippen LogP) is 2.50. The van der Waals surface area contributed by atoms with Crippen LogP contribution in [0.25, 0.3) is 0 Å². The average molecular weight is 335 g/mol. The van der Waals surface area contributed by atoms with Crippen molar-refractivity contribution < 1.29 is 9.32 Å². The van der Waals surface area contributed by atoms with E-state index in [1.165, 1.54) is 43.9 Å². The maximum Gasteiger partial charge on any atom is 0.273 e. The van der Waals surface area contributed by atoms with Crippen molar-refractivity contribution in [2.24, 2.45) is 5.92 Å². The molecular weight excluding hydrogens is 310 g/mol. The topological polar surface area (TPSA) is 58.4 Å². The molecule has 1 saturated carbocycles. The molecule has 3 aliphatic rings. The third-order valence-corrected chi connectivity index (χ3v) is 6.51. The van der Waals surface area contributed by atoms with Crippen LogP contribution in [0, 0.1) is 5.92 Å². The fourth-order valence-electron chi connectivity index (χ4n) is 3.62. The van der Waals surface area contributed by atoms with E-state index in [-0.39, 0.29) is 5.91 Å². The van der Waals surface area contributed by atoms with Crippen molar-refractivity contribution >= 4 is 17.7 Å². The maximum atomic E-state index is 12.2. The number of aromatic nitrogens is 1. The van der Waals surface area contributed by atoms with Gasteiger partial charge in [-0.05, 0) is 56.9 Å². The average Bonchev–Trinajstić information content (AvgIpc) is 3.10. The first-order valence-corrected chi connectivity index (χ1v) is 10.0. The minimum atomic E-state index is -0.0877. The Hall–Kier alpha value is -1.01. The van der Waals surface area contributed by atoms with Crippen LogP contribution in [0.3, 0.4) is 0 Å². The Bertz CT molecular complexity index is 544. The van der Waals surface area contributed by atoms with Crippen molar-refractivity contribution in [2.75, 3.05) is 31.1 Å². The van der Waals surface area contributed by atoms with E-state index >= 15 is 0 Å². The summed E-state index contributed by atoms with van der Waals surface area (Å²) in [5.41, 5.74) is 0.437. The van der Waals surface area contributed by atoms with Gasteiger partial charge >= 0.3 is 0 Å². The highest BCUT2D eigenvalue weighted by Crippen LogP contribution is 2.40. The molecule has 1 atom stereocenters. The smallest absolute Gasteiger partial charge is 0.273 e. The van der Waals surface area contributed by atoms with E-state index in [0.29, 0.717) is 17.5 Å². The van der Waals surface area contributed by atoms with Crippen molar-refractivity contribution in [3.63, 3.8) is 0 Å². The second-order valence-corrected chi connectivity index (χ2v) is 8.25. The van der Waals surface area contributed by atoms with Gasteiger partial charge in [0.25, 0.3) is 5.91 Å². The largest absolute Gasteiger partial charge is 0.360 e. The molecule has 1 N–H and O–H groups in total. The van der Waals surface area contributed by atoms with Gasteiger partial charge in [0, 0.05) is 30.3 Å². The van der Waals surface area contributed by atoms with Crippen LogP contribution in [0.2, 0.25) is 0 Å². The van der Waals surface area contributed by atoms with Crippen molar-refractivity contribution in [1.82, 2.24) is 15.4 Å². The standard InChI is InChI=1S/C17H25N3O2S/c21-17(15-9-16(22-19-15)13-1-2-13)18-10-12-3-6-20(7-4-12)14-5-8-23-11-14/h9,12-14H,1-8,10-11H2,(H,18,21). The highest BCUT2D eigenvalue weighted by molar-refractivity contribution is 7.99. The number of carbonyl (C=O) groups excluding carboxylic acids is 1. The van der Waals surface area contributed by atoms with Crippen LogP contribution in [0.5, 0.6) is 0 Å². The second-order valence-electron chi connectivity index (χ2n) is 7.10. The van der Waals surface area contributed by atoms with Crippen LogP contribution in [-0.4, -0.2) is 53.1 Å². The number of hydrogen-bond donors (Lipinski definition) is 1. The van der Waals surface area contributed by atoms with E-state index in [4.69, 9.17) is 4.52 Å². The summed E-state index contributed by atoms with van der Waals surface area (Å²) >= 11 is 2.08. The lowest BCUT2D eigenvalue weighted by atomic mass is 9.95. The molecule has 0 radical (unpaired) electrons. The zero-order valence-corrected chi connectivity index (χ0v) is 14.3. The summed E-state index contributed by atoms with van der Waals surface area (Å²) < 4.78 is 5.25. The molecule has 1 aromatic rings. The van der Waals surface area contributed by atoms with E-state index < -0.39 is 0 Å². The molecule has 3 heterocycles. The summed E-state index contributed by atoms with van der Waals surface area (Å²) in [7, 11) is 0. The van der Waals surface area contributed by atoms with Gasteiger partial charge in [-0.25, -0.2) is 0 Å². The number of hydrogen-bond acceptors (Lipinski definition) is 5. The normalized spacial score (nSPS) is 26.5. The number of nitrogens with zero attached hydrogens (tertiary/aromatic N) is 2. The van der Waals surface area contributed by atoms with E-state index in [1.807, 2.05) is 6.07 Å². The third kappa shape index (κ3) is 3.74. The molecule has 1 unspecified atom stereocenters. The fourth-order valence-corrected chi connectivity index (χ4v) is 4.87. The van der Waals surface area contributed by atoms with Crippen LogP contribution in [0.15, 0.2) is 10.6 Å². The molecule has 0 spiro atoms. The van der Waals surface area contributed by atoms with Gasteiger partial charge in [-0.3, -0.25) is 9.69 Å². The van der Waals surface area contributed by atoms with Crippen LogP contribution in [-0.2, 0) is 0 Å². The van der Waals surface area contributed by atoms with Gasteiger partial charge in [0.2, 0.25) is 0 Å². The number of amides is 1. The highest BCUT2D eigenvalue weighted by Gasteiger charge is 2.30. The lowest BCUT2D eigenvalue weighted by Crippen LogP contribution is -2.43. The SMILES string of the molecule is O=C(NCC1CCN(C2CCSC2)CC1)c1cc(C2CC2)on1. The molecule has 1 aromatic heterocycles. The van der Waals surface area contributed by atoms with Gasteiger partial charge in [0.05, 0.1) is 0 Å². The Morgan fingerprint density at radius 3 is 2.83 bits per heavy atom. The van der Waals surface area contributed by atoms with Crippen molar-refractivity contribution in [1.29, 1.82) is 0 Å². The van der Waals surface area contributed by atoms with E-state index in [2.05, 4.69) is 27.1 Å². The van der Waals surface area contributed by atoms with Crippen LogP contribution in [0.1, 0.15) is 54.3 Å². The summed E-state index contributed by atoms with van der Waals surface area (Å²) in [6.07, 6.45) is 6.05. The minimum Gasteiger partial charge on any atom is -0.360 e. The fraction of sp³-hybridized carbons (Fsp3) is 0.765. The molecule has 1 amide bonds. The molecule has 2 aliphatic heterocycles. The molecule has 6 heteroatoms. The van der Waals surface area contributed by atoms with Gasteiger partial charge < -0.3 is 9.84 Å². The summed E-state index contributed by atoms with van der Waals surface area (Å²) in [5, 5.41) is 6.95. The van der Waals surface area contributed by atoms with E-state index in [1.54, 1.807) is 0 Å². The van der Waals surface area contributed by atoms with Gasteiger partial charge in [0.1, 0.15) is 5.76 Å². The second kappa shape index (κ2) is 6.85. The Morgan fingerprint density at radius 1 is 1.30 bits per heavy atom. The van der Waals surface area contributed by atoms with E-state index in [9.17, 15) is 4.79 Å². The third-order valence-electron chi connectivity index (χ3n) is 5.36. The van der Waals surface area contributed by atoms with Crippen LogP contribution < -0.4 is 5.32 Å². The Morgan fingerprint density at radius 2 is 2.13 bits per heavy atom. The molecule has 5 nitrogen and oxygen atoms in total. The monoisotopic (exact) mass is 335 g/mol. The van der Waals surface area contributed by atoms with Gasteiger partial charge in [-0.1, -0.05) is 5.16 Å². The molecule has 2 saturated heterocycles. The summed E-state index contributed by atoms with van der Waals surface area (Å²) in [6.45, 7) is 3.13. The first-order chi connectivity index (χ1) is 11.3. The number of likely N-dealkylation sites (tertiary alicyclic amines) is 1. The molecule has 0 bridgehead atoms. The van der Waals surface area contributed by atoms with Gasteiger partial charge in [-0.15, -0.1) is 0 Å². The Kier molecular flexibility index (Phi) is 4.62. The molecule has 23 heavy (non-hydrogen) atoms. The molecular formula is C17H25N3O2S. The van der Waals surface area contributed by atoms with Crippen molar-refractivity contribution in [2.45, 2.75) is 44.1 Å². The summed E-state index contributed by atoms with van der Waals surface area (Å²) in [5.74, 6) is 4.51. The summed E-state index contributed by atoms with van der Waals surface area (Å²) in [6, 6.07) is 2.61. The number of piperidine rings is 1. The first kappa shape index (κ1) is 15.5. The van der Waals surface area contributed by atoms with Crippen LogP contribution in [0.4, 0.5) is 0 Å². The lowest BCUT2D eigenvalue weighted by Gasteiger charge is -2.35. The van der Waals surface area contributed by atoms with Crippen molar-refractivity contribution in [3.8, 4) is 0 Å². The quantitative estimate of drug-likeness (QED) is 0.896. The number of nitrogens with one attached hydrogen (secondary N) is 1. The van der Waals surface area contributed by atoms with E-state index in [0.717, 1.165) is 31.2 Å². The molecule has 0 aromatic carbocycles. The number of thioether (sulfide) groups is 1. The minimum absolute atomic E-state index is 0.0877. The van der Waals surface area contributed by atoms with Gasteiger partial charge in [-0.2, -0.15) is 11.8 Å². The Balaban J connectivity index is 1.21. The molecule has 3 fully saturated rings.